The number of hydrogen-bond donors (Lipinski definition) is 0. The molecule has 2 aromatic heterocycles. The summed E-state index contributed by atoms with van der Waals surface area (Å²) in [4.78, 5) is 21.6. The van der Waals surface area contributed by atoms with Crippen molar-refractivity contribution in [1.82, 2.24) is 9.80 Å². The van der Waals surface area contributed by atoms with Crippen LogP contribution in [0.15, 0.2) is 57.3 Å². The van der Waals surface area contributed by atoms with Crippen molar-refractivity contribution in [1.29, 1.82) is 0 Å². The third-order valence-electron chi connectivity index (χ3n) is 5.34. The van der Waals surface area contributed by atoms with Gasteiger partial charge in [-0.3, -0.25) is 14.6 Å². The van der Waals surface area contributed by atoms with Crippen LogP contribution in [0, 0.1) is 0 Å². The normalized spacial score (nSPS) is 17.4. The molecule has 0 unspecified atom stereocenters. The minimum Gasteiger partial charge on any atom is -0.459 e. The second-order valence-corrected chi connectivity index (χ2v) is 8.23. The summed E-state index contributed by atoms with van der Waals surface area (Å²) in [5.41, 5.74) is 2.90. The van der Waals surface area contributed by atoms with E-state index < -0.39 is 0 Å². The van der Waals surface area contributed by atoms with E-state index in [2.05, 4.69) is 44.4 Å². The number of amides is 1. The van der Waals surface area contributed by atoms with E-state index in [1.165, 1.54) is 10.4 Å². The van der Waals surface area contributed by atoms with Gasteiger partial charge in [0.25, 0.3) is 5.91 Å². The molecule has 0 spiro atoms. The van der Waals surface area contributed by atoms with E-state index in [0.717, 1.165) is 56.4 Å². The van der Waals surface area contributed by atoms with Crippen LogP contribution in [0.2, 0.25) is 0 Å². The molecular formula is C22H21N3O2S. The molecule has 1 aromatic carbocycles. The van der Waals surface area contributed by atoms with Gasteiger partial charge in [0.05, 0.1) is 17.0 Å². The maximum absolute atomic E-state index is 11.6. The fraction of sp³-hybridized carbons (Fsp3) is 0.273. The molecule has 4 heterocycles. The summed E-state index contributed by atoms with van der Waals surface area (Å²) in [5.74, 6) is 1.86. The van der Waals surface area contributed by atoms with Crippen molar-refractivity contribution < 1.29 is 9.21 Å². The lowest BCUT2D eigenvalue weighted by Gasteiger charge is -2.34. The Balaban J connectivity index is 1.15. The number of fused-ring (bicyclic) bond motifs is 1. The van der Waals surface area contributed by atoms with Gasteiger partial charge in [0, 0.05) is 44.5 Å². The largest absolute Gasteiger partial charge is 0.459 e. The SMILES string of the molecule is O=C1N=Cc2cc(CN3CCN(Cc4ccc(-c5cccs5)o4)CC3)ccc21. The lowest BCUT2D eigenvalue weighted by molar-refractivity contribution is 0.101. The number of rotatable bonds is 5. The van der Waals surface area contributed by atoms with Crippen molar-refractivity contribution in [3.8, 4) is 10.6 Å². The van der Waals surface area contributed by atoms with Crippen LogP contribution in [0.5, 0.6) is 0 Å². The predicted octanol–water partition coefficient (Wildman–Crippen LogP) is 3.90. The molecule has 5 rings (SSSR count). The van der Waals surface area contributed by atoms with E-state index in [1.54, 1.807) is 17.6 Å². The third kappa shape index (κ3) is 3.58. The summed E-state index contributed by atoms with van der Waals surface area (Å²) in [5, 5.41) is 2.07. The summed E-state index contributed by atoms with van der Waals surface area (Å²) in [7, 11) is 0. The number of aliphatic imine (C=N–C) groups is 1. The Morgan fingerprint density at radius 2 is 1.82 bits per heavy atom. The highest BCUT2D eigenvalue weighted by Gasteiger charge is 2.20. The maximum Gasteiger partial charge on any atom is 0.277 e. The fourth-order valence-electron chi connectivity index (χ4n) is 3.81. The van der Waals surface area contributed by atoms with Crippen molar-refractivity contribution in [3.05, 3.63) is 70.3 Å². The standard InChI is InChI=1S/C22H21N3O2S/c26-22-19-5-3-16(12-17(19)13-23-22)14-24-7-9-25(10-8-24)15-18-4-6-20(27-18)21-2-1-11-28-21/h1-6,11-13H,7-10,14-15H2. The lowest BCUT2D eigenvalue weighted by atomic mass is 10.1. The van der Waals surface area contributed by atoms with E-state index >= 15 is 0 Å². The molecule has 5 nitrogen and oxygen atoms in total. The summed E-state index contributed by atoms with van der Waals surface area (Å²) in [6.45, 7) is 5.88. The van der Waals surface area contributed by atoms with Crippen LogP contribution in [-0.2, 0) is 13.1 Å². The number of carbonyl (C=O) groups excluding carboxylic acids is 1. The first-order valence-corrected chi connectivity index (χ1v) is 10.4. The molecule has 1 amide bonds. The zero-order valence-electron chi connectivity index (χ0n) is 15.5. The summed E-state index contributed by atoms with van der Waals surface area (Å²) >= 11 is 1.70. The number of furan rings is 1. The van der Waals surface area contributed by atoms with Crippen LogP contribution >= 0.6 is 11.3 Å². The molecule has 0 atom stereocenters. The molecule has 0 bridgehead atoms. The van der Waals surface area contributed by atoms with Crippen molar-refractivity contribution in [2.24, 2.45) is 4.99 Å². The first-order chi connectivity index (χ1) is 13.7. The Morgan fingerprint density at radius 3 is 2.61 bits per heavy atom. The topological polar surface area (TPSA) is 49.1 Å². The Kier molecular flexibility index (Phi) is 4.68. The summed E-state index contributed by atoms with van der Waals surface area (Å²) in [6.07, 6.45) is 1.67. The molecule has 28 heavy (non-hydrogen) atoms. The Hall–Kier alpha value is -2.54. The summed E-state index contributed by atoms with van der Waals surface area (Å²) in [6, 6.07) is 14.3. The second-order valence-electron chi connectivity index (χ2n) is 7.28. The number of hydrogen-bond acceptors (Lipinski definition) is 5. The number of thiophene rings is 1. The lowest BCUT2D eigenvalue weighted by Crippen LogP contribution is -2.45. The molecule has 0 saturated carbocycles. The average molecular weight is 391 g/mol. The van der Waals surface area contributed by atoms with E-state index in [9.17, 15) is 4.79 Å². The van der Waals surface area contributed by atoms with Gasteiger partial charge in [-0.15, -0.1) is 11.3 Å². The molecule has 2 aliphatic heterocycles. The van der Waals surface area contributed by atoms with Gasteiger partial charge < -0.3 is 4.42 Å². The van der Waals surface area contributed by atoms with Crippen LogP contribution in [0.1, 0.15) is 27.2 Å². The van der Waals surface area contributed by atoms with E-state index in [4.69, 9.17) is 4.42 Å². The van der Waals surface area contributed by atoms with Gasteiger partial charge in [-0.2, -0.15) is 0 Å². The van der Waals surface area contributed by atoms with Crippen LogP contribution < -0.4 is 0 Å². The van der Waals surface area contributed by atoms with Crippen molar-refractivity contribution in [3.63, 3.8) is 0 Å². The molecule has 2 aliphatic rings. The molecule has 0 radical (unpaired) electrons. The Morgan fingerprint density at radius 1 is 1.00 bits per heavy atom. The highest BCUT2D eigenvalue weighted by Crippen LogP contribution is 2.27. The van der Waals surface area contributed by atoms with Gasteiger partial charge >= 0.3 is 0 Å². The number of benzene rings is 1. The molecule has 1 saturated heterocycles. The average Bonchev–Trinajstić information content (AvgIpc) is 3.45. The number of carbonyl (C=O) groups is 1. The molecule has 142 valence electrons. The quantitative estimate of drug-likeness (QED) is 0.662. The molecule has 0 N–H and O–H groups in total. The fourth-order valence-corrected chi connectivity index (χ4v) is 4.49. The number of nitrogens with zero attached hydrogens (tertiary/aromatic N) is 3. The summed E-state index contributed by atoms with van der Waals surface area (Å²) < 4.78 is 6.02. The molecule has 0 aliphatic carbocycles. The molecule has 6 heteroatoms. The highest BCUT2D eigenvalue weighted by molar-refractivity contribution is 7.13. The minimum absolute atomic E-state index is 0.129. The van der Waals surface area contributed by atoms with E-state index in [1.807, 2.05) is 18.2 Å². The monoisotopic (exact) mass is 391 g/mol. The Labute approximate surface area is 167 Å². The predicted molar refractivity (Wildman–Crippen MR) is 111 cm³/mol. The van der Waals surface area contributed by atoms with Gasteiger partial charge in [0.2, 0.25) is 0 Å². The zero-order chi connectivity index (χ0) is 18.9. The third-order valence-corrected chi connectivity index (χ3v) is 6.23. The van der Waals surface area contributed by atoms with Gasteiger partial charge in [-0.1, -0.05) is 12.1 Å². The Bertz CT molecular complexity index is 1010. The van der Waals surface area contributed by atoms with Crippen LogP contribution in [0.25, 0.3) is 10.6 Å². The molecule has 1 fully saturated rings. The molecule has 3 aromatic rings. The van der Waals surface area contributed by atoms with Gasteiger partial charge in [0.15, 0.2) is 0 Å². The maximum atomic E-state index is 11.6. The molecular weight excluding hydrogens is 370 g/mol. The van der Waals surface area contributed by atoms with Crippen LogP contribution in [0.4, 0.5) is 0 Å². The first-order valence-electron chi connectivity index (χ1n) is 9.53. The van der Waals surface area contributed by atoms with Crippen molar-refractivity contribution in [2.75, 3.05) is 26.2 Å². The van der Waals surface area contributed by atoms with E-state index in [-0.39, 0.29) is 5.91 Å². The first kappa shape index (κ1) is 17.6. The van der Waals surface area contributed by atoms with Gasteiger partial charge in [-0.25, -0.2) is 4.99 Å². The number of piperazine rings is 1. The van der Waals surface area contributed by atoms with Gasteiger partial charge in [0.1, 0.15) is 11.5 Å². The van der Waals surface area contributed by atoms with Crippen molar-refractivity contribution >= 4 is 23.5 Å². The van der Waals surface area contributed by atoms with Gasteiger partial charge in [-0.05, 0) is 41.3 Å². The van der Waals surface area contributed by atoms with E-state index in [0.29, 0.717) is 5.56 Å². The smallest absolute Gasteiger partial charge is 0.277 e. The second kappa shape index (κ2) is 7.47. The minimum atomic E-state index is -0.129. The van der Waals surface area contributed by atoms with Crippen molar-refractivity contribution in [2.45, 2.75) is 13.1 Å². The zero-order valence-corrected chi connectivity index (χ0v) is 16.3. The van der Waals surface area contributed by atoms with Crippen LogP contribution in [0.3, 0.4) is 0 Å². The highest BCUT2D eigenvalue weighted by atomic mass is 32.1. The van der Waals surface area contributed by atoms with Crippen LogP contribution in [-0.4, -0.2) is 48.1 Å².